The van der Waals surface area contributed by atoms with Crippen LogP contribution in [0.15, 0.2) is 18.2 Å². The second-order valence-corrected chi connectivity index (χ2v) is 7.65. The van der Waals surface area contributed by atoms with E-state index in [2.05, 4.69) is 6.92 Å². The van der Waals surface area contributed by atoms with Crippen LogP contribution in [0.25, 0.3) is 0 Å². The van der Waals surface area contributed by atoms with Gasteiger partial charge in [-0.1, -0.05) is 13.0 Å². The van der Waals surface area contributed by atoms with E-state index in [9.17, 15) is 8.42 Å². The monoisotopic (exact) mass is 312 g/mol. The van der Waals surface area contributed by atoms with Crippen molar-refractivity contribution in [2.24, 2.45) is 5.92 Å². The molecule has 2 N–H and O–H groups in total. The zero-order valence-electron chi connectivity index (χ0n) is 12.7. The molecule has 1 heterocycles. The number of rotatable bonds is 5. The van der Waals surface area contributed by atoms with E-state index >= 15 is 0 Å². The van der Waals surface area contributed by atoms with Crippen LogP contribution in [0, 0.1) is 5.92 Å². The molecule has 0 aromatic heterocycles. The SMILES string of the molecule is CCc1ccc(OCC2CCCN(S(C)(=O)=O)C2)c(N)c1. The first kappa shape index (κ1) is 16.1. The van der Waals surface area contributed by atoms with Crippen molar-refractivity contribution in [3.63, 3.8) is 0 Å². The molecule has 0 saturated carbocycles. The molecule has 0 aliphatic carbocycles. The lowest BCUT2D eigenvalue weighted by atomic mass is 10.0. The van der Waals surface area contributed by atoms with Gasteiger partial charge in [0.2, 0.25) is 10.0 Å². The molecule has 1 saturated heterocycles. The Labute approximate surface area is 127 Å². The molecule has 5 nitrogen and oxygen atoms in total. The van der Waals surface area contributed by atoms with E-state index in [-0.39, 0.29) is 5.92 Å². The predicted molar refractivity (Wildman–Crippen MR) is 84.9 cm³/mol. The first-order valence-corrected chi connectivity index (χ1v) is 9.21. The molecule has 2 rings (SSSR count). The molecule has 1 aliphatic rings. The Bertz CT molecular complexity index is 587. The third-order valence-corrected chi connectivity index (χ3v) is 5.18. The highest BCUT2D eigenvalue weighted by molar-refractivity contribution is 7.88. The summed E-state index contributed by atoms with van der Waals surface area (Å²) in [5, 5.41) is 0. The van der Waals surface area contributed by atoms with Crippen molar-refractivity contribution in [2.45, 2.75) is 26.2 Å². The summed E-state index contributed by atoms with van der Waals surface area (Å²) in [6.07, 6.45) is 4.07. The van der Waals surface area contributed by atoms with Gasteiger partial charge in [0, 0.05) is 19.0 Å². The molecule has 0 bridgehead atoms. The number of nitrogens with two attached hydrogens (primary N) is 1. The number of nitrogens with zero attached hydrogens (tertiary/aromatic N) is 1. The van der Waals surface area contributed by atoms with Crippen LogP contribution >= 0.6 is 0 Å². The molecule has 1 atom stereocenters. The smallest absolute Gasteiger partial charge is 0.211 e. The molecular formula is C15H24N2O3S. The highest BCUT2D eigenvalue weighted by Gasteiger charge is 2.26. The van der Waals surface area contributed by atoms with E-state index < -0.39 is 10.0 Å². The first-order valence-electron chi connectivity index (χ1n) is 7.36. The lowest BCUT2D eigenvalue weighted by molar-refractivity contribution is 0.181. The average molecular weight is 312 g/mol. The topological polar surface area (TPSA) is 72.6 Å². The Morgan fingerprint density at radius 1 is 1.43 bits per heavy atom. The summed E-state index contributed by atoms with van der Waals surface area (Å²) in [5.74, 6) is 0.905. The lowest BCUT2D eigenvalue weighted by Crippen LogP contribution is -2.40. The Kier molecular flexibility index (Phi) is 5.11. The average Bonchev–Trinajstić information content (AvgIpc) is 2.45. The summed E-state index contributed by atoms with van der Waals surface area (Å²) in [5.41, 5.74) is 7.80. The summed E-state index contributed by atoms with van der Waals surface area (Å²) in [6.45, 7) is 3.73. The van der Waals surface area contributed by atoms with Gasteiger partial charge in [0.05, 0.1) is 18.6 Å². The third kappa shape index (κ3) is 4.35. The highest BCUT2D eigenvalue weighted by Crippen LogP contribution is 2.25. The van der Waals surface area contributed by atoms with E-state index in [0.29, 0.717) is 31.1 Å². The van der Waals surface area contributed by atoms with Crippen LogP contribution in [0.5, 0.6) is 5.75 Å². The van der Waals surface area contributed by atoms with Crippen LogP contribution < -0.4 is 10.5 Å². The number of anilines is 1. The van der Waals surface area contributed by atoms with Crippen molar-refractivity contribution in [2.75, 3.05) is 31.7 Å². The second-order valence-electron chi connectivity index (χ2n) is 5.67. The molecule has 1 aromatic rings. The molecule has 6 heteroatoms. The molecule has 1 fully saturated rings. The van der Waals surface area contributed by atoms with Crippen LogP contribution in [-0.4, -0.2) is 38.7 Å². The highest BCUT2D eigenvalue weighted by atomic mass is 32.2. The molecule has 1 aromatic carbocycles. The van der Waals surface area contributed by atoms with Gasteiger partial charge >= 0.3 is 0 Å². The van der Waals surface area contributed by atoms with Crippen molar-refractivity contribution in [1.82, 2.24) is 4.31 Å². The Balaban J connectivity index is 1.94. The summed E-state index contributed by atoms with van der Waals surface area (Å²) >= 11 is 0. The number of hydrogen-bond acceptors (Lipinski definition) is 4. The van der Waals surface area contributed by atoms with E-state index in [1.54, 1.807) is 0 Å². The second kappa shape index (κ2) is 6.66. The van der Waals surface area contributed by atoms with Crippen molar-refractivity contribution in [1.29, 1.82) is 0 Å². The molecule has 118 valence electrons. The van der Waals surface area contributed by atoms with Crippen LogP contribution in [0.1, 0.15) is 25.3 Å². The van der Waals surface area contributed by atoms with Crippen molar-refractivity contribution < 1.29 is 13.2 Å². The van der Waals surface area contributed by atoms with E-state index in [1.807, 2.05) is 18.2 Å². The number of ether oxygens (including phenoxy) is 1. The zero-order valence-corrected chi connectivity index (χ0v) is 13.5. The molecule has 21 heavy (non-hydrogen) atoms. The summed E-state index contributed by atoms with van der Waals surface area (Å²) < 4.78 is 30.5. The number of hydrogen-bond donors (Lipinski definition) is 1. The summed E-state index contributed by atoms with van der Waals surface area (Å²) in [7, 11) is -3.11. The quantitative estimate of drug-likeness (QED) is 0.843. The number of piperidine rings is 1. The molecule has 0 radical (unpaired) electrons. The van der Waals surface area contributed by atoms with E-state index in [1.165, 1.54) is 16.1 Å². The number of sulfonamides is 1. The van der Waals surface area contributed by atoms with Gasteiger partial charge in [-0.3, -0.25) is 0 Å². The minimum absolute atomic E-state index is 0.221. The molecular weight excluding hydrogens is 288 g/mol. The van der Waals surface area contributed by atoms with Gasteiger partial charge in [-0.15, -0.1) is 0 Å². The number of benzene rings is 1. The Morgan fingerprint density at radius 3 is 2.81 bits per heavy atom. The Morgan fingerprint density at radius 2 is 2.19 bits per heavy atom. The number of aryl methyl sites for hydroxylation is 1. The van der Waals surface area contributed by atoms with Crippen molar-refractivity contribution in [3.05, 3.63) is 23.8 Å². The van der Waals surface area contributed by atoms with Gasteiger partial charge in [0.15, 0.2) is 0 Å². The maximum atomic E-state index is 11.6. The first-order chi connectivity index (χ1) is 9.90. The normalized spacial score (nSPS) is 20.4. The predicted octanol–water partition coefficient (Wildman–Crippen LogP) is 1.88. The Hall–Kier alpha value is -1.27. The minimum atomic E-state index is -3.11. The largest absolute Gasteiger partial charge is 0.491 e. The summed E-state index contributed by atoms with van der Waals surface area (Å²) in [4.78, 5) is 0. The van der Waals surface area contributed by atoms with Gasteiger partial charge in [-0.2, -0.15) is 0 Å². The fourth-order valence-corrected chi connectivity index (χ4v) is 3.56. The van der Waals surface area contributed by atoms with E-state index in [0.717, 1.165) is 19.3 Å². The van der Waals surface area contributed by atoms with Gasteiger partial charge < -0.3 is 10.5 Å². The van der Waals surface area contributed by atoms with Gasteiger partial charge in [-0.05, 0) is 37.0 Å². The molecule has 0 spiro atoms. The fraction of sp³-hybridized carbons (Fsp3) is 0.600. The molecule has 0 amide bonds. The third-order valence-electron chi connectivity index (χ3n) is 3.91. The van der Waals surface area contributed by atoms with Crippen LogP contribution in [0.4, 0.5) is 5.69 Å². The standard InChI is InChI=1S/C15H24N2O3S/c1-3-12-6-7-15(14(16)9-12)20-11-13-5-4-8-17(10-13)21(2,18)19/h6-7,9,13H,3-5,8,10-11,16H2,1-2H3. The fourth-order valence-electron chi connectivity index (χ4n) is 2.62. The van der Waals surface area contributed by atoms with Gasteiger partial charge in [0.25, 0.3) is 0 Å². The van der Waals surface area contributed by atoms with Crippen LogP contribution in [0.3, 0.4) is 0 Å². The van der Waals surface area contributed by atoms with Crippen LogP contribution in [0.2, 0.25) is 0 Å². The van der Waals surface area contributed by atoms with E-state index in [4.69, 9.17) is 10.5 Å². The van der Waals surface area contributed by atoms with Gasteiger partial charge in [-0.25, -0.2) is 12.7 Å². The lowest BCUT2D eigenvalue weighted by Gasteiger charge is -2.30. The maximum Gasteiger partial charge on any atom is 0.211 e. The number of nitrogen functional groups attached to an aromatic ring is 1. The summed E-state index contributed by atoms with van der Waals surface area (Å²) in [6, 6.07) is 5.83. The van der Waals surface area contributed by atoms with Crippen molar-refractivity contribution in [3.8, 4) is 5.75 Å². The molecule has 1 aliphatic heterocycles. The zero-order chi connectivity index (χ0) is 15.5. The maximum absolute atomic E-state index is 11.6. The minimum Gasteiger partial charge on any atom is -0.491 e. The molecule has 1 unspecified atom stereocenters. The van der Waals surface area contributed by atoms with Crippen LogP contribution in [-0.2, 0) is 16.4 Å². The van der Waals surface area contributed by atoms with Crippen molar-refractivity contribution >= 4 is 15.7 Å². The van der Waals surface area contributed by atoms with Gasteiger partial charge in [0.1, 0.15) is 5.75 Å².